The molecule has 2 aromatic heterocycles. The fourth-order valence-electron chi connectivity index (χ4n) is 2.74. The number of halogens is 1. The fourth-order valence-corrected chi connectivity index (χ4v) is 2.74. The first-order chi connectivity index (χ1) is 11.7. The van der Waals surface area contributed by atoms with E-state index in [4.69, 9.17) is 4.52 Å². The molecule has 6 nitrogen and oxygen atoms in total. The van der Waals surface area contributed by atoms with E-state index in [0.29, 0.717) is 29.6 Å². The summed E-state index contributed by atoms with van der Waals surface area (Å²) in [7, 11) is 0. The minimum atomic E-state index is -0.334. The highest BCUT2D eigenvalue weighted by Crippen LogP contribution is 2.31. The van der Waals surface area contributed by atoms with Gasteiger partial charge in [0, 0.05) is 24.8 Å². The van der Waals surface area contributed by atoms with Crippen LogP contribution in [0.5, 0.6) is 0 Å². The highest BCUT2D eigenvalue weighted by Gasteiger charge is 2.35. The van der Waals surface area contributed by atoms with E-state index in [2.05, 4.69) is 15.1 Å². The van der Waals surface area contributed by atoms with E-state index >= 15 is 0 Å². The number of carbonyl (C=O) groups is 1. The molecule has 120 valence electrons. The number of nitrogens with zero attached hydrogens (tertiary/aromatic N) is 4. The van der Waals surface area contributed by atoms with Crippen molar-refractivity contribution in [3.63, 3.8) is 0 Å². The second-order valence-corrected chi connectivity index (χ2v) is 5.55. The molecule has 0 saturated carbocycles. The molecule has 1 aromatic carbocycles. The monoisotopic (exact) mass is 324 g/mol. The van der Waals surface area contributed by atoms with Crippen molar-refractivity contribution in [2.45, 2.75) is 12.3 Å². The first-order valence-corrected chi connectivity index (χ1v) is 7.51. The normalized spacial score (nSPS) is 17.5. The van der Waals surface area contributed by atoms with Gasteiger partial charge in [0.25, 0.3) is 0 Å². The molecule has 4 rings (SSSR count). The number of hydrogen-bond donors (Lipinski definition) is 0. The van der Waals surface area contributed by atoms with Crippen molar-refractivity contribution in [1.29, 1.82) is 0 Å². The number of benzene rings is 1. The lowest BCUT2D eigenvalue weighted by molar-refractivity contribution is -0.117. The van der Waals surface area contributed by atoms with Crippen molar-refractivity contribution in [2.24, 2.45) is 0 Å². The molecule has 0 bridgehead atoms. The average molecular weight is 324 g/mol. The van der Waals surface area contributed by atoms with Gasteiger partial charge in [-0.15, -0.1) is 0 Å². The molecule has 0 aliphatic carbocycles. The summed E-state index contributed by atoms with van der Waals surface area (Å²) in [5.74, 6) is 0.238. The molecule has 0 radical (unpaired) electrons. The Morgan fingerprint density at radius 1 is 1.17 bits per heavy atom. The van der Waals surface area contributed by atoms with Crippen LogP contribution in [0.3, 0.4) is 0 Å². The number of rotatable bonds is 3. The summed E-state index contributed by atoms with van der Waals surface area (Å²) in [4.78, 5) is 22.4. The van der Waals surface area contributed by atoms with Crippen molar-refractivity contribution in [3.8, 4) is 11.5 Å². The van der Waals surface area contributed by atoms with Crippen LogP contribution in [0.2, 0.25) is 0 Å². The maximum atomic E-state index is 13.0. The van der Waals surface area contributed by atoms with Crippen LogP contribution in [0.1, 0.15) is 18.2 Å². The molecule has 0 spiro atoms. The van der Waals surface area contributed by atoms with E-state index < -0.39 is 0 Å². The standard InChI is InChI=1S/C17H13FN4O2/c18-12-4-6-13(7-5-12)22-10-11(9-15(22)23)17-20-16(21-24-17)14-3-1-2-8-19-14/h1-8,11H,9-10H2/t11-/m0/s1. The molecule has 0 unspecified atom stereocenters. The van der Waals surface area contributed by atoms with Crippen molar-refractivity contribution in [3.05, 3.63) is 60.4 Å². The van der Waals surface area contributed by atoms with Gasteiger partial charge in [-0.25, -0.2) is 4.39 Å². The number of aromatic nitrogens is 3. The summed E-state index contributed by atoms with van der Waals surface area (Å²) in [6, 6.07) is 11.3. The molecule has 24 heavy (non-hydrogen) atoms. The Kier molecular flexibility index (Phi) is 3.53. The summed E-state index contributed by atoms with van der Waals surface area (Å²) in [6.07, 6.45) is 1.93. The predicted molar refractivity (Wildman–Crippen MR) is 83.6 cm³/mol. The van der Waals surface area contributed by atoms with E-state index in [0.717, 1.165) is 0 Å². The zero-order valence-electron chi connectivity index (χ0n) is 12.6. The Bertz CT molecular complexity index is 864. The molecular formula is C17H13FN4O2. The van der Waals surface area contributed by atoms with Crippen molar-refractivity contribution >= 4 is 11.6 Å². The molecule has 7 heteroatoms. The lowest BCUT2D eigenvalue weighted by Gasteiger charge is -2.15. The topological polar surface area (TPSA) is 72.1 Å². The van der Waals surface area contributed by atoms with Gasteiger partial charge in [0.05, 0.1) is 5.92 Å². The van der Waals surface area contributed by atoms with E-state index in [9.17, 15) is 9.18 Å². The summed E-state index contributed by atoms with van der Waals surface area (Å²) >= 11 is 0. The zero-order valence-corrected chi connectivity index (χ0v) is 12.6. The van der Waals surface area contributed by atoms with E-state index in [1.54, 1.807) is 35.4 Å². The molecule has 1 aliphatic heterocycles. The zero-order chi connectivity index (χ0) is 16.5. The smallest absolute Gasteiger partial charge is 0.232 e. The van der Waals surface area contributed by atoms with Crippen LogP contribution < -0.4 is 4.90 Å². The maximum Gasteiger partial charge on any atom is 0.232 e. The molecule has 1 amide bonds. The van der Waals surface area contributed by atoms with E-state index in [1.807, 2.05) is 6.07 Å². The first-order valence-electron chi connectivity index (χ1n) is 7.51. The fraction of sp³-hybridized carbons (Fsp3) is 0.176. The minimum absolute atomic E-state index is 0.0517. The molecule has 3 aromatic rings. The highest BCUT2D eigenvalue weighted by atomic mass is 19.1. The van der Waals surface area contributed by atoms with Crippen molar-refractivity contribution in [2.75, 3.05) is 11.4 Å². The summed E-state index contributed by atoms with van der Waals surface area (Å²) in [5, 5.41) is 3.94. The van der Waals surface area contributed by atoms with Crippen LogP contribution in [0.4, 0.5) is 10.1 Å². The maximum absolute atomic E-state index is 13.0. The molecule has 3 heterocycles. The van der Waals surface area contributed by atoms with Gasteiger partial charge in [-0.2, -0.15) is 4.98 Å². The third-order valence-corrected chi connectivity index (χ3v) is 3.95. The van der Waals surface area contributed by atoms with Gasteiger partial charge in [0.1, 0.15) is 11.5 Å². The highest BCUT2D eigenvalue weighted by molar-refractivity contribution is 5.96. The molecular weight excluding hydrogens is 311 g/mol. The SMILES string of the molecule is O=C1C[C@H](c2nc(-c3ccccn3)no2)CN1c1ccc(F)cc1. The lowest BCUT2D eigenvalue weighted by atomic mass is 10.1. The second kappa shape index (κ2) is 5.84. The number of carbonyl (C=O) groups excluding carboxylic acids is 1. The van der Waals surface area contributed by atoms with E-state index in [1.165, 1.54) is 12.1 Å². The van der Waals surface area contributed by atoms with Gasteiger partial charge >= 0.3 is 0 Å². The summed E-state index contributed by atoms with van der Waals surface area (Å²) in [6.45, 7) is 0.425. The van der Waals surface area contributed by atoms with Crippen LogP contribution in [0.15, 0.2) is 53.2 Å². The Morgan fingerprint density at radius 2 is 2.00 bits per heavy atom. The van der Waals surface area contributed by atoms with Crippen LogP contribution in [0.25, 0.3) is 11.5 Å². The van der Waals surface area contributed by atoms with Gasteiger partial charge in [-0.05, 0) is 36.4 Å². The number of pyridine rings is 1. The second-order valence-electron chi connectivity index (χ2n) is 5.55. The van der Waals surface area contributed by atoms with Crippen LogP contribution in [0, 0.1) is 5.82 Å². The largest absolute Gasteiger partial charge is 0.339 e. The van der Waals surface area contributed by atoms with Crippen LogP contribution in [-0.4, -0.2) is 27.6 Å². The Balaban J connectivity index is 1.55. The Hall–Kier alpha value is -3.09. The van der Waals surface area contributed by atoms with Gasteiger partial charge in [0.15, 0.2) is 0 Å². The Labute approximate surface area is 136 Å². The third kappa shape index (κ3) is 2.64. The van der Waals surface area contributed by atoms with E-state index in [-0.39, 0.29) is 24.1 Å². The number of hydrogen-bond acceptors (Lipinski definition) is 5. The van der Waals surface area contributed by atoms with Gasteiger partial charge < -0.3 is 9.42 Å². The molecule has 1 atom stereocenters. The third-order valence-electron chi connectivity index (χ3n) is 3.95. The number of anilines is 1. The van der Waals surface area contributed by atoms with Gasteiger partial charge in [-0.1, -0.05) is 11.2 Å². The van der Waals surface area contributed by atoms with Gasteiger partial charge in [0.2, 0.25) is 17.6 Å². The van der Waals surface area contributed by atoms with Crippen LogP contribution in [-0.2, 0) is 4.79 Å². The quantitative estimate of drug-likeness (QED) is 0.741. The summed E-state index contributed by atoms with van der Waals surface area (Å²) < 4.78 is 18.3. The summed E-state index contributed by atoms with van der Waals surface area (Å²) in [5.41, 5.74) is 1.28. The number of amides is 1. The minimum Gasteiger partial charge on any atom is -0.339 e. The first kappa shape index (κ1) is 14.5. The average Bonchev–Trinajstić information content (AvgIpc) is 3.23. The van der Waals surface area contributed by atoms with Crippen LogP contribution >= 0.6 is 0 Å². The predicted octanol–water partition coefficient (Wildman–Crippen LogP) is 2.79. The van der Waals surface area contributed by atoms with Crippen molar-refractivity contribution in [1.82, 2.24) is 15.1 Å². The molecule has 1 aliphatic rings. The van der Waals surface area contributed by atoms with Gasteiger partial charge in [-0.3, -0.25) is 9.78 Å². The molecule has 1 fully saturated rings. The van der Waals surface area contributed by atoms with Crippen molar-refractivity contribution < 1.29 is 13.7 Å². The Morgan fingerprint density at radius 3 is 2.75 bits per heavy atom. The lowest BCUT2D eigenvalue weighted by Crippen LogP contribution is -2.24. The molecule has 0 N–H and O–H groups in total. The molecule has 1 saturated heterocycles.